The lowest BCUT2D eigenvalue weighted by Gasteiger charge is -2.33. The van der Waals surface area contributed by atoms with Crippen LogP contribution in [0, 0.1) is 11.6 Å². The van der Waals surface area contributed by atoms with Crippen molar-refractivity contribution < 1.29 is 17.2 Å². The summed E-state index contributed by atoms with van der Waals surface area (Å²) in [5.41, 5.74) is 1.71. The Labute approximate surface area is 169 Å². The second-order valence-electron chi connectivity index (χ2n) is 6.60. The fourth-order valence-electron chi connectivity index (χ4n) is 3.26. The zero-order valence-corrected chi connectivity index (χ0v) is 17.1. The Balaban J connectivity index is 1.44. The molecule has 10 heteroatoms. The summed E-state index contributed by atoms with van der Waals surface area (Å²) in [5.74, 6) is -1.73. The molecule has 0 bridgehead atoms. The molecular formula is C18H17BrF2N4O2S. The van der Waals surface area contributed by atoms with Gasteiger partial charge in [-0.1, -0.05) is 0 Å². The van der Waals surface area contributed by atoms with E-state index < -0.39 is 26.6 Å². The Hall–Kier alpha value is -1.88. The topological polar surface area (TPSA) is 57.9 Å². The number of hydrogen-bond acceptors (Lipinski definition) is 4. The zero-order valence-electron chi connectivity index (χ0n) is 14.7. The van der Waals surface area contributed by atoms with Crippen LogP contribution in [0.4, 0.5) is 8.78 Å². The largest absolute Gasteiger partial charge is 0.306 e. The number of pyridine rings is 1. The van der Waals surface area contributed by atoms with E-state index in [0.29, 0.717) is 19.6 Å². The Kier molecular flexibility index (Phi) is 5.21. The minimum absolute atomic E-state index is 0.206. The van der Waals surface area contributed by atoms with Crippen LogP contribution in [0.2, 0.25) is 0 Å². The molecule has 0 aliphatic carbocycles. The SMILES string of the molecule is O=S(=O)(c1cc(F)ccc1F)N1CCN(Cc2cn3cc(Br)ccc3n2)CC1. The van der Waals surface area contributed by atoms with E-state index in [9.17, 15) is 17.2 Å². The Morgan fingerprint density at radius 3 is 2.54 bits per heavy atom. The van der Waals surface area contributed by atoms with Gasteiger partial charge < -0.3 is 4.40 Å². The van der Waals surface area contributed by atoms with Crippen molar-refractivity contribution in [2.24, 2.45) is 0 Å². The Morgan fingerprint density at radius 1 is 1.04 bits per heavy atom. The van der Waals surface area contributed by atoms with E-state index in [-0.39, 0.29) is 13.1 Å². The van der Waals surface area contributed by atoms with Crippen LogP contribution in [0.15, 0.2) is 52.1 Å². The third-order valence-corrected chi connectivity index (χ3v) is 7.08. The molecule has 0 spiro atoms. The summed E-state index contributed by atoms with van der Waals surface area (Å²) >= 11 is 3.42. The normalized spacial score (nSPS) is 16.7. The van der Waals surface area contributed by atoms with Crippen molar-refractivity contribution in [1.82, 2.24) is 18.6 Å². The number of hydrogen-bond donors (Lipinski definition) is 0. The van der Waals surface area contributed by atoms with Crippen molar-refractivity contribution in [2.75, 3.05) is 26.2 Å². The van der Waals surface area contributed by atoms with Crippen molar-refractivity contribution in [3.05, 3.63) is 64.5 Å². The van der Waals surface area contributed by atoms with Crippen molar-refractivity contribution in [3.63, 3.8) is 0 Å². The van der Waals surface area contributed by atoms with Gasteiger partial charge in [0.05, 0.1) is 5.69 Å². The summed E-state index contributed by atoms with van der Waals surface area (Å²) in [5, 5.41) is 0. The molecule has 2 aromatic heterocycles. The third-order valence-electron chi connectivity index (χ3n) is 4.69. The minimum atomic E-state index is -4.07. The van der Waals surface area contributed by atoms with Crippen LogP contribution in [0.25, 0.3) is 5.65 Å². The molecule has 0 amide bonds. The summed E-state index contributed by atoms with van der Waals surface area (Å²) in [6.45, 7) is 1.96. The summed E-state index contributed by atoms with van der Waals surface area (Å²) in [6, 6.07) is 6.29. The quantitative estimate of drug-likeness (QED) is 0.588. The molecule has 0 N–H and O–H groups in total. The molecule has 6 nitrogen and oxygen atoms in total. The van der Waals surface area contributed by atoms with E-state index in [4.69, 9.17) is 0 Å². The third kappa shape index (κ3) is 3.82. The minimum Gasteiger partial charge on any atom is -0.306 e. The highest BCUT2D eigenvalue weighted by atomic mass is 79.9. The lowest BCUT2D eigenvalue weighted by atomic mass is 10.3. The number of halogens is 3. The first kappa shape index (κ1) is 19.4. The number of rotatable bonds is 4. The number of imidazole rings is 1. The molecule has 1 aromatic carbocycles. The number of benzene rings is 1. The van der Waals surface area contributed by atoms with Gasteiger partial charge in [-0.15, -0.1) is 0 Å². The van der Waals surface area contributed by atoms with E-state index in [1.807, 2.05) is 28.9 Å². The van der Waals surface area contributed by atoms with Gasteiger partial charge in [0, 0.05) is 49.6 Å². The highest BCUT2D eigenvalue weighted by molar-refractivity contribution is 9.10. The van der Waals surface area contributed by atoms with Crippen molar-refractivity contribution in [1.29, 1.82) is 0 Å². The van der Waals surface area contributed by atoms with Gasteiger partial charge in [0.15, 0.2) is 0 Å². The summed E-state index contributed by atoms with van der Waals surface area (Å²) in [6.07, 6.45) is 3.86. The Morgan fingerprint density at radius 2 is 1.79 bits per heavy atom. The molecule has 1 fully saturated rings. The van der Waals surface area contributed by atoms with Crippen LogP contribution in [0.3, 0.4) is 0 Å². The van der Waals surface area contributed by atoms with Crippen LogP contribution < -0.4 is 0 Å². The summed E-state index contributed by atoms with van der Waals surface area (Å²) < 4.78 is 56.7. The molecule has 0 atom stereocenters. The smallest absolute Gasteiger partial charge is 0.246 e. The lowest BCUT2D eigenvalue weighted by molar-refractivity contribution is 0.180. The van der Waals surface area contributed by atoms with Gasteiger partial charge in [0.1, 0.15) is 22.2 Å². The average molecular weight is 471 g/mol. The molecule has 1 aliphatic rings. The van der Waals surface area contributed by atoms with E-state index in [2.05, 4.69) is 25.8 Å². The number of aromatic nitrogens is 2. The van der Waals surface area contributed by atoms with Crippen LogP contribution in [-0.2, 0) is 16.6 Å². The fourth-order valence-corrected chi connectivity index (χ4v) is 5.12. The van der Waals surface area contributed by atoms with Crippen LogP contribution in [0.1, 0.15) is 5.69 Å². The standard InChI is InChI=1S/C18H17BrF2N4O2S/c19-13-1-4-18-22-15(12-24(18)10-13)11-23-5-7-25(8-6-23)28(26,27)17-9-14(20)2-3-16(17)21/h1-4,9-10,12H,5-8,11H2. The van der Waals surface area contributed by atoms with Crippen molar-refractivity contribution in [2.45, 2.75) is 11.4 Å². The molecule has 0 radical (unpaired) electrons. The maximum Gasteiger partial charge on any atom is 0.246 e. The maximum absolute atomic E-state index is 13.9. The second-order valence-corrected chi connectivity index (χ2v) is 9.42. The molecule has 0 unspecified atom stereocenters. The molecule has 28 heavy (non-hydrogen) atoms. The van der Waals surface area contributed by atoms with Crippen LogP contribution in [0.5, 0.6) is 0 Å². The molecule has 1 saturated heterocycles. The number of sulfonamides is 1. The van der Waals surface area contributed by atoms with Gasteiger partial charge >= 0.3 is 0 Å². The summed E-state index contributed by atoms with van der Waals surface area (Å²) in [4.78, 5) is 6.03. The van der Waals surface area contributed by atoms with E-state index in [1.54, 1.807) is 0 Å². The van der Waals surface area contributed by atoms with Gasteiger partial charge in [0.2, 0.25) is 10.0 Å². The molecular weight excluding hydrogens is 454 g/mol. The van der Waals surface area contributed by atoms with Crippen molar-refractivity contribution in [3.8, 4) is 0 Å². The van der Waals surface area contributed by atoms with Gasteiger partial charge in [-0.2, -0.15) is 4.31 Å². The van der Waals surface area contributed by atoms with Gasteiger partial charge in [-0.05, 0) is 46.3 Å². The summed E-state index contributed by atoms with van der Waals surface area (Å²) in [7, 11) is -4.07. The highest BCUT2D eigenvalue weighted by Gasteiger charge is 2.31. The fraction of sp³-hybridized carbons (Fsp3) is 0.278. The number of nitrogens with zero attached hydrogens (tertiary/aromatic N) is 4. The molecule has 0 saturated carbocycles. The van der Waals surface area contributed by atoms with E-state index in [1.165, 1.54) is 4.31 Å². The highest BCUT2D eigenvalue weighted by Crippen LogP contribution is 2.22. The molecule has 3 aromatic rings. The molecule has 148 valence electrons. The predicted molar refractivity (Wildman–Crippen MR) is 103 cm³/mol. The van der Waals surface area contributed by atoms with Gasteiger partial charge in [0.25, 0.3) is 0 Å². The van der Waals surface area contributed by atoms with E-state index >= 15 is 0 Å². The first-order valence-electron chi connectivity index (χ1n) is 8.63. The molecule has 4 rings (SSSR count). The van der Waals surface area contributed by atoms with Gasteiger partial charge in [-0.25, -0.2) is 22.2 Å². The average Bonchev–Trinajstić information content (AvgIpc) is 3.05. The van der Waals surface area contributed by atoms with Crippen LogP contribution >= 0.6 is 15.9 Å². The number of piperazine rings is 1. The van der Waals surface area contributed by atoms with E-state index in [0.717, 1.165) is 34.0 Å². The molecule has 3 heterocycles. The second kappa shape index (κ2) is 7.51. The van der Waals surface area contributed by atoms with Gasteiger partial charge in [-0.3, -0.25) is 4.90 Å². The first-order valence-corrected chi connectivity index (χ1v) is 10.9. The first-order chi connectivity index (χ1) is 13.3. The monoisotopic (exact) mass is 470 g/mol. The number of fused-ring (bicyclic) bond motifs is 1. The molecule has 1 aliphatic heterocycles. The lowest BCUT2D eigenvalue weighted by Crippen LogP contribution is -2.48. The van der Waals surface area contributed by atoms with Crippen molar-refractivity contribution >= 4 is 31.6 Å². The maximum atomic E-state index is 13.9. The Bertz CT molecular complexity index is 1130. The zero-order chi connectivity index (χ0) is 19.9. The predicted octanol–water partition coefficient (Wildman–Crippen LogP) is 2.88. The van der Waals surface area contributed by atoms with Crippen LogP contribution in [-0.4, -0.2) is 53.2 Å².